The molecule has 0 amide bonds. The zero-order valence-corrected chi connectivity index (χ0v) is 11.9. The summed E-state index contributed by atoms with van der Waals surface area (Å²) in [6, 6.07) is 16.5. The summed E-state index contributed by atoms with van der Waals surface area (Å²) in [7, 11) is 1.72. The van der Waals surface area contributed by atoms with Crippen molar-refractivity contribution >= 4 is 17.2 Å². The van der Waals surface area contributed by atoms with Gasteiger partial charge in [-0.1, -0.05) is 36.4 Å². The Labute approximate surface area is 123 Å². The topological polar surface area (TPSA) is 27.1 Å². The first-order chi connectivity index (χ1) is 10.4. The Bertz CT molecular complexity index is 832. The number of hydrogen-bond donors (Lipinski definition) is 0. The lowest BCUT2D eigenvalue weighted by Crippen LogP contribution is -2.10. The normalized spacial score (nSPS) is 16.9. The Balaban J connectivity index is 1.78. The van der Waals surface area contributed by atoms with Gasteiger partial charge in [0.15, 0.2) is 0 Å². The van der Waals surface area contributed by atoms with Gasteiger partial charge in [0.1, 0.15) is 11.6 Å². The molecule has 3 aromatic rings. The molecule has 0 saturated heterocycles. The molecule has 0 aliphatic carbocycles. The van der Waals surface area contributed by atoms with E-state index in [-0.39, 0.29) is 0 Å². The second-order valence-electron chi connectivity index (χ2n) is 5.28. The van der Waals surface area contributed by atoms with Gasteiger partial charge in [-0.25, -0.2) is 4.98 Å². The standard InChI is InChI=1S/C18H16N2O/c1-21-17-9-5-2-6-14(17)13-10-11-20-16-8-4-3-7-15(16)19-18(20)12-13/h2-11,13H,12H2,1H3. The third-order valence-corrected chi connectivity index (χ3v) is 4.08. The number of allylic oxidation sites excluding steroid dienone is 1. The summed E-state index contributed by atoms with van der Waals surface area (Å²) < 4.78 is 7.67. The van der Waals surface area contributed by atoms with Gasteiger partial charge in [-0.2, -0.15) is 0 Å². The van der Waals surface area contributed by atoms with Gasteiger partial charge >= 0.3 is 0 Å². The van der Waals surface area contributed by atoms with Crippen LogP contribution in [0.25, 0.3) is 17.2 Å². The zero-order chi connectivity index (χ0) is 14.2. The summed E-state index contributed by atoms with van der Waals surface area (Å²) in [6.45, 7) is 0. The van der Waals surface area contributed by atoms with E-state index < -0.39 is 0 Å². The molecule has 2 aromatic carbocycles. The Kier molecular flexibility index (Phi) is 2.78. The number of methoxy groups -OCH3 is 1. The van der Waals surface area contributed by atoms with Gasteiger partial charge in [0.2, 0.25) is 0 Å². The molecule has 3 nitrogen and oxygen atoms in total. The van der Waals surface area contributed by atoms with Gasteiger partial charge in [-0.15, -0.1) is 0 Å². The van der Waals surface area contributed by atoms with Crippen LogP contribution in [0.15, 0.2) is 54.6 Å². The summed E-state index contributed by atoms with van der Waals surface area (Å²) >= 11 is 0. The van der Waals surface area contributed by atoms with Crippen molar-refractivity contribution in [1.82, 2.24) is 9.55 Å². The number of para-hydroxylation sites is 3. The maximum atomic E-state index is 5.48. The quantitative estimate of drug-likeness (QED) is 0.710. The second-order valence-corrected chi connectivity index (χ2v) is 5.28. The lowest BCUT2D eigenvalue weighted by Gasteiger charge is -2.20. The van der Waals surface area contributed by atoms with E-state index >= 15 is 0 Å². The van der Waals surface area contributed by atoms with Gasteiger partial charge in [0.25, 0.3) is 0 Å². The third kappa shape index (κ3) is 1.93. The van der Waals surface area contributed by atoms with E-state index in [0.717, 1.165) is 23.5 Å². The summed E-state index contributed by atoms with van der Waals surface area (Å²) in [5.41, 5.74) is 3.44. The molecule has 0 radical (unpaired) electrons. The predicted octanol–water partition coefficient (Wildman–Crippen LogP) is 3.86. The smallest absolute Gasteiger partial charge is 0.122 e. The van der Waals surface area contributed by atoms with E-state index in [9.17, 15) is 0 Å². The molecule has 2 heterocycles. The predicted molar refractivity (Wildman–Crippen MR) is 84.5 cm³/mol. The van der Waals surface area contributed by atoms with E-state index in [0.29, 0.717) is 5.92 Å². The number of nitrogens with zero attached hydrogens (tertiary/aromatic N) is 2. The average Bonchev–Trinajstić information content (AvgIpc) is 2.92. The maximum absolute atomic E-state index is 5.48. The van der Waals surface area contributed by atoms with Crippen LogP contribution in [-0.2, 0) is 6.42 Å². The maximum Gasteiger partial charge on any atom is 0.122 e. The van der Waals surface area contributed by atoms with Crippen LogP contribution in [-0.4, -0.2) is 16.7 Å². The van der Waals surface area contributed by atoms with Crippen molar-refractivity contribution in [2.75, 3.05) is 7.11 Å². The minimum absolute atomic E-state index is 0.311. The summed E-state index contributed by atoms with van der Waals surface area (Å²) in [6.07, 6.45) is 5.26. The molecule has 0 fully saturated rings. The summed E-state index contributed by atoms with van der Waals surface area (Å²) in [4.78, 5) is 4.76. The molecule has 0 N–H and O–H groups in total. The van der Waals surface area contributed by atoms with E-state index in [1.165, 1.54) is 11.1 Å². The number of ether oxygens (including phenoxy) is 1. The molecule has 0 bridgehead atoms. The highest BCUT2D eigenvalue weighted by atomic mass is 16.5. The largest absolute Gasteiger partial charge is 0.496 e. The Hall–Kier alpha value is -2.55. The van der Waals surface area contributed by atoms with Crippen LogP contribution in [0.5, 0.6) is 5.75 Å². The van der Waals surface area contributed by atoms with Crippen LogP contribution in [0.2, 0.25) is 0 Å². The highest BCUT2D eigenvalue weighted by Gasteiger charge is 2.21. The molecule has 21 heavy (non-hydrogen) atoms. The van der Waals surface area contributed by atoms with E-state index in [1.807, 2.05) is 18.2 Å². The third-order valence-electron chi connectivity index (χ3n) is 4.08. The molecular weight excluding hydrogens is 260 g/mol. The van der Waals surface area contributed by atoms with Crippen molar-refractivity contribution in [2.45, 2.75) is 12.3 Å². The molecule has 4 rings (SSSR count). The van der Waals surface area contributed by atoms with Gasteiger partial charge in [0, 0.05) is 24.1 Å². The number of aromatic nitrogens is 2. The van der Waals surface area contributed by atoms with Crippen molar-refractivity contribution in [3.05, 3.63) is 66.0 Å². The summed E-state index contributed by atoms with van der Waals surface area (Å²) in [5.74, 6) is 2.36. The lowest BCUT2D eigenvalue weighted by molar-refractivity contribution is 0.407. The van der Waals surface area contributed by atoms with Crippen LogP contribution in [0.1, 0.15) is 17.3 Å². The molecule has 104 valence electrons. The fraction of sp³-hybridized carbons (Fsp3) is 0.167. The molecule has 1 aliphatic rings. The number of rotatable bonds is 2. The van der Waals surface area contributed by atoms with Gasteiger partial charge in [0.05, 0.1) is 18.1 Å². The van der Waals surface area contributed by atoms with Crippen molar-refractivity contribution in [1.29, 1.82) is 0 Å². The van der Waals surface area contributed by atoms with E-state index in [1.54, 1.807) is 7.11 Å². The van der Waals surface area contributed by atoms with Crippen molar-refractivity contribution in [3.8, 4) is 5.75 Å². The van der Waals surface area contributed by atoms with Crippen molar-refractivity contribution < 1.29 is 4.74 Å². The lowest BCUT2D eigenvalue weighted by atomic mass is 9.93. The second kappa shape index (κ2) is 4.77. The van der Waals surface area contributed by atoms with E-state index in [4.69, 9.17) is 9.72 Å². The van der Waals surface area contributed by atoms with Crippen LogP contribution in [0.4, 0.5) is 0 Å². The molecule has 3 heteroatoms. The monoisotopic (exact) mass is 276 g/mol. The fourth-order valence-electron chi connectivity index (χ4n) is 3.05. The Morgan fingerprint density at radius 3 is 2.81 bits per heavy atom. The minimum atomic E-state index is 0.311. The molecule has 1 aliphatic heterocycles. The van der Waals surface area contributed by atoms with Gasteiger partial charge in [-0.05, 0) is 18.2 Å². The molecule has 1 atom stereocenters. The highest BCUT2D eigenvalue weighted by molar-refractivity contribution is 5.78. The van der Waals surface area contributed by atoms with Gasteiger partial charge in [-0.3, -0.25) is 0 Å². The van der Waals surface area contributed by atoms with Crippen LogP contribution in [0, 0.1) is 0 Å². The van der Waals surface area contributed by atoms with Gasteiger partial charge < -0.3 is 9.30 Å². The molecule has 0 spiro atoms. The summed E-state index contributed by atoms with van der Waals surface area (Å²) in [5, 5.41) is 0. The van der Waals surface area contributed by atoms with Crippen LogP contribution < -0.4 is 4.74 Å². The van der Waals surface area contributed by atoms with Crippen molar-refractivity contribution in [3.63, 3.8) is 0 Å². The average molecular weight is 276 g/mol. The van der Waals surface area contributed by atoms with E-state index in [2.05, 4.69) is 47.2 Å². The molecule has 0 saturated carbocycles. The Morgan fingerprint density at radius 1 is 1.10 bits per heavy atom. The first-order valence-electron chi connectivity index (χ1n) is 7.14. The number of fused-ring (bicyclic) bond motifs is 3. The molecule has 1 aromatic heterocycles. The van der Waals surface area contributed by atoms with Crippen molar-refractivity contribution in [2.24, 2.45) is 0 Å². The first-order valence-corrected chi connectivity index (χ1v) is 7.14. The first kappa shape index (κ1) is 12.2. The number of benzene rings is 2. The van der Waals surface area contributed by atoms with Crippen LogP contribution >= 0.6 is 0 Å². The molecular formula is C18H16N2O. The van der Waals surface area contributed by atoms with Crippen LogP contribution in [0.3, 0.4) is 0 Å². The highest BCUT2D eigenvalue weighted by Crippen LogP contribution is 2.33. The SMILES string of the molecule is COc1ccccc1C1C=Cn2c(nc3ccccc32)C1. The number of imidazole rings is 1. The minimum Gasteiger partial charge on any atom is -0.496 e. The molecule has 1 unspecified atom stereocenters. The zero-order valence-electron chi connectivity index (χ0n) is 11.9. The fourth-order valence-corrected chi connectivity index (χ4v) is 3.05. The number of hydrogen-bond acceptors (Lipinski definition) is 2. The Morgan fingerprint density at radius 2 is 1.90 bits per heavy atom.